The molecular formula is C22H23N5O. The van der Waals surface area contributed by atoms with Gasteiger partial charge in [-0.2, -0.15) is 4.98 Å². The van der Waals surface area contributed by atoms with E-state index in [2.05, 4.69) is 51.6 Å². The molecule has 0 unspecified atom stereocenters. The first kappa shape index (κ1) is 18.0. The standard InChI is InChI=1S/C22H23N5O/c1-13(2)16-5-10-20-19(12-16)27-22(28-20)26-18-8-6-17(7-9-18)25-21-23-14(3)11-15(4)24-21/h5-13H,1-4H3,(H,26,27)(H,23,24,25). The Balaban J connectivity index is 1.49. The fourth-order valence-electron chi connectivity index (χ4n) is 3.03. The van der Waals surface area contributed by atoms with Crippen LogP contribution in [-0.2, 0) is 0 Å². The molecule has 0 aliphatic carbocycles. The van der Waals surface area contributed by atoms with Gasteiger partial charge < -0.3 is 15.1 Å². The van der Waals surface area contributed by atoms with Crippen molar-refractivity contribution < 1.29 is 4.42 Å². The maximum Gasteiger partial charge on any atom is 0.300 e. The molecule has 0 amide bonds. The van der Waals surface area contributed by atoms with Crippen molar-refractivity contribution in [3.63, 3.8) is 0 Å². The van der Waals surface area contributed by atoms with Gasteiger partial charge >= 0.3 is 0 Å². The Morgan fingerprint density at radius 1 is 0.786 bits per heavy atom. The highest BCUT2D eigenvalue weighted by Gasteiger charge is 2.09. The van der Waals surface area contributed by atoms with E-state index < -0.39 is 0 Å². The minimum absolute atomic E-state index is 0.457. The minimum Gasteiger partial charge on any atom is -0.423 e. The van der Waals surface area contributed by atoms with Crippen molar-refractivity contribution in [1.29, 1.82) is 0 Å². The molecule has 0 atom stereocenters. The summed E-state index contributed by atoms with van der Waals surface area (Å²) in [6.45, 7) is 8.24. The Hall–Kier alpha value is -3.41. The number of anilines is 4. The maximum absolute atomic E-state index is 5.80. The second-order valence-corrected chi connectivity index (χ2v) is 7.20. The Labute approximate surface area is 164 Å². The van der Waals surface area contributed by atoms with Gasteiger partial charge in [0.25, 0.3) is 6.01 Å². The van der Waals surface area contributed by atoms with Crippen LogP contribution in [-0.4, -0.2) is 15.0 Å². The van der Waals surface area contributed by atoms with E-state index in [0.717, 1.165) is 33.9 Å². The van der Waals surface area contributed by atoms with Gasteiger partial charge in [-0.25, -0.2) is 9.97 Å². The maximum atomic E-state index is 5.80. The van der Waals surface area contributed by atoms with Crippen molar-refractivity contribution in [3.8, 4) is 0 Å². The molecule has 0 saturated carbocycles. The van der Waals surface area contributed by atoms with Gasteiger partial charge in [0.1, 0.15) is 5.52 Å². The SMILES string of the molecule is Cc1cc(C)nc(Nc2ccc(Nc3nc4cc(C(C)C)ccc4o3)cc2)n1. The van der Waals surface area contributed by atoms with Gasteiger partial charge in [-0.05, 0) is 67.8 Å². The third-order valence-corrected chi connectivity index (χ3v) is 4.45. The molecule has 0 spiro atoms. The Kier molecular flexibility index (Phi) is 4.69. The van der Waals surface area contributed by atoms with Crippen LogP contribution in [0.3, 0.4) is 0 Å². The lowest BCUT2D eigenvalue weighted by atomic mass is 10.0. The molecule has 142 valence electrons. The quantitative estimate of drug-likeness (QED) is 0.457. The smallest absolute Gasteiger partial charge is 0.300 e. The monoisotopic (exact) mass is 373 g/mol. The second-order valence-electron chi connectivity index (χ2n) is 7.20. The number of rotatable bonds is 5. The van der Waals surface area contributed by atoms with Crippen LogP contribution in [0.25, 0.3) is 11.1 Å². The van der Waals surface area contributed by atoms with Gasteiger partial charge in [-0.3, -0.25) is 0 Å². The van der Waals surface area contributed by atoms with Crippen molar-refractivity contribution in [1.82, 2.24) is 15.0 Å². The van der Waals surface area contributed by atoms with Crippen LogP contribution in [0, 0.1) is 13.8 Å². The molecule has 4 rings (SSSR count). The van der Waals surface area contributed by atoms with Crippen LogP contribution in [0.15, 0.2) is 52.9 Å². The van der Waals surface area contributed by atoms with Gasteiger partial charge in [-0.1, -0.05) is 19.9 Å². The third kappa shape index (κ3) is 3.96. The Morgan fingerprint density at radius 2 is 1.43 bits per heavy atom. The van der Waals surface area contributed by atoms with Gasteiger partial charge in [0.15, 0.2) is 5.58 Å². The fraction of sp³-hybridized carbons (Fsp3) is 0.227. The molecule has 0 fully saturated rings. The summed E-state index contributed by atoms with van der Waals surface area (Å²) in [5, 5.41) is 6.44. The number of aryl methyl sites for hydroxylation is 2. The minimum atomic E-state index is 0.457. The Morgan fingerprint density at radius 3 is 2.07 bits per heavy atom. The number of fused-ring (bicyclic) bond motifs is 1. The lowest BCUT2D eigenvalue weighted by molar-refractivity contribution is 0.623. The van der Waals surface area contributed by atoms with E-state index in [9.17, 15) is 0 Å². The predicted molar refractivity (Wildman–Crippen MR) is 113 cm³/mol. The summed E-state index contributed by atoms with van der Waals surface area (Å²) < 4.78 is 5.80. The topological polar surface area (TPSA) is 75.9 Å². The lowest BCUT2D eigenvalue weighted by Gasteiger charge is -2.07. The van der Waals surface area contributed by atoms with Crippen molar-refractivity contribution in [2.45, 2.75) is 33.6 Å². The summed E-state index contributed by atoms with van der Waals surface area (Å²) in [5.74, 6) is 1.05. The van der Waals surface area contributed by atoms with E-state index in [0.29, 0.717) is 17.9 Å². The Bertz CT molecular complexity index is 1100. The highest BCUT2D eigenvalue weighted by Crippen LogP contribution is 2.26. The molecule has 6 heteroatoms. The zero-order chi connectivity index (χ0) is 19.7. The van der Waals surface area contributed by atoms with Crippen molar-refractivity contribution in [2.24, 2.45) is 0 Å². The fourth-order valence-corrected chi connectivity index (χ4v) is 3.03. The van der Waals surface area contributed by atoms with Gasteiger partial charge in [0, 0.05) is 22.8 Å². The molecule has 0 saturated heterocycles. The van der Waals surface area contributed by atoms with E-state index in [4.69, 9.17) is 4.42 Å². The first-order valence-electron chi connectivity index (χ1n) is 9.33. The summed E-state index contributed by atoms with van der Waals surface area (Å²) in [4.78, 5) is 13.3. The molecule has 6 nitrogen and oxygen atoms in total. The molecule has 0 aliphatic rings. The second kappa shape index (κ2) is 7.31. The van der Waals surface area contributed by atoms with E-state index in [-0.39, 0.29) is 0 Å². The number of hydrogen-bond donors (Lipinski definition) is 2. The molecule has 2 aromatic heterocycles. The number of hydrogen-bond acceptors (Lipinski definition) is 6. The van der Waals surface area contributed by atoms with Crippen LogP contribution >= 0.6 is 0 Å². The summed E-state index contributed by atoms with van der Waals surface area (Å²) in [6.07, 6.45) is 0. The van der Waals surface area contributed by atoms with Gasteiger partial charge in [-0.15, -0.1) is 0 Å². The highest BCUT2D eigenvalue weighted by atomic mass is 16.4. The van der Waals surface area contributed by atoms with E-state index in [1.165, 1.54) is 5.56 Å². The van der Waals surface area contributed by atoms with Crippen LogP contribution in [0.5, 0.6) is 0 Å². The molecule has 28 heavy (non-hydrogen) atoms. The van der Waals surface area contributed by atoms with E-state index >= 15 is 0 Å². The van der Waals surface area contributed by atoms with Gasteiger partial charge in [0.05, 0.1) is 0 Å². The molecule has 0 bridgehead atoms. The highest BCUT2D eigenvalue weighted by molar-refractivity contribution is 5.76. The number of oxazole rings is 1. The molecule has 0 radical (unpaired) electrons. The van der Waals surface area contributed by atoms with Gasteiger partial charge in [0.2, 0.25) is 5.95 Å². The van der Waals surface area contributed by atoms with Crippen LogP contribution in [0.4, 0.5) is 23.3 Å². The van der Waals surface area contributed by atoms with Crippen LogP contribution < -0.4 is 10.6 Å². The largest absolute Gasteiger partial charge is 0.423 e. The molecule has 2 heterocycles. The summed E-state index contributed by atoms with van der Waals surface area (Å²) in [7, 11) is 0. The third-order valence-electron chi connectivity index (χ3n) is 4.45. The summed E-state index contributed by atoms with van der Waals surface area (Å²) in [6, 6.07) is 16.4. The summed E-state index contributed by atoms with van der Waals surface area (Å²) in [5.41, 5.74) is 6.56. The molecule has 4 aromatic rings. The molecular weight excluding hydrogens is 350 g/mol. The van der Waals surface area contributed by atoms with Crippen molar-refractivity contribution in [2.75, 3.05) is 10.6 Å². The van der Waals surface area contributed by atoms with Crippen molar-refractivity contribution in [3.05, 3.63) is 65.5 Å². The average Bonchev–Trinajstić information content (AvgIpc) is 3.04. The molecule has 0 aliphatic heterocycles. The number of nitrogens with zero attached hydrogens (tertiary/aromatic N) is 3. The predicted octanol–water partition coefficient (Wildman–Crippen LogP) is 5.85. The summed E-state index contributed by atoms with van der Waals surface area (Å²) >= 11 is 0. The zero-order valence-electron chi connectivity index (χ0n) is 16.4. The normalized spacial score (nSPS) is 11.2. The first-order valence-corrected chi connectivity index (χ1v) is 9.33. The first-order chi connectivity index (χ1) is 13.5. The van der Waals surface area contributed by atoms with Crippen molar-refractivity contribution >= 4 is 34.4 Å². The van der Waals surface area contributed by atoms with Crippen LogP contribution in [0.2, 0.25) is 0 Å². The van der Waals surface area contributed by atoms with E-state index in [1.807, 2.05) is 50.2 Å². The average molecular weight is 373 g/mol. The number of aromatic nitrogens is 3. The molecule has 2 aromatic carbocycles. The number of benzene rings is 2. The lowest BCUT2D eigenvalue weighted by Crippen LogP contribution is -2.00. The van der Waals surface area contributed by atoms with Crippen LogP contribution in [0.1, 0.15) is 36.7 Å². The number of nitrogens with one attached hydrogen (secondary N) is 2. The zero-order valence-corrected chi connectivity index (χ0v) is 16.4. The molecule has 2 N–H and O–H groups in total. The van der Waals surface area contributed by atoms with E-state index in [1.54, 1.807) is 0 Å².